The average molecular weight is 591 g/mol. The number of hydrogen-bond donors (Lipinski definition) is 0. The van der Waals surface area contributed by atoms with Crippen molar-refractivity contribution in [2.45, 2.75) is 128 Å². The third kappa shape index (κ3) is 7.52. The predicted molar refractivity (Wildman–Crippen MR) is 130 cm³/mol. The fraction of sp³-hybridized carbons (Fsp3) is 0.846. The van der Waals surface area contributed by atoms with Gasteiger partial charge in [-0.05, 0) is 27.7 Å². The van der Waals surface area contributed by atoms with Gasteiger partial charge in [-0.25, -0.2) is 0 Å². The molecule has 41 heavy (non-hydrogen) atoms. The first-order valence-corrected chi connectivity index (χ1v) is 13.3. The Balaban J connectivity index is 1.59. The second-order valence-electron chi connectivity index (χ2n) is 11.1. The molecule has 232 valence electrons. The number of esters is 4. The monoisotopic (exact) mass is 590 g/mol. The Labute approximate surface area is 237 Å². The van der Waals surface area contributed by atoms with E-state index in [2.05, 4.69) is 0 Å². The molecule has 0 unspecified atom stereocenters. The molecule has 4 saturated heterocycles. The van der Waals surface area contributed by atoms with Crippen LogP contribution in [-0.4, -0.2) is 110 Å². The maximum atomic E-state index is 12.1. The number of carbonyl (C=O) groups excluding carboxylic acids is 4. The molecule has 0 N–H and O–H groups in total. The lowest BCUT2D eigenvalue weighted by atomic mass is 9.97. The number of carbonyl (C=O) groups is 4. The molecule has 10 atom stereocenters. The van der Waals surface area contributed by atoms with Crippen LogP contribution in [-0.2, 0) is 71.3 Å². The quantitative estimate of drug-likeness (QED) is 0.282. The summed E-state index contributed by atoms with van der Waals surface area (Å²) in [5.41, 5.74) is 0. The van der Waals surface area contributed by atoms with Gasteiger partial charge in [0.1, 0.15) is 37.1 Å². The normalized spacial score (nSPS) is 38.7. The van der Waals surface area contributed by atoms with Gasteiger partial charge in [-0.1, -0.05) is 0 Å². The lowest BCUT2D eigenvalue weighted by Crippen LogP contribution is -2.63. The van der Waals surface area contributed by atoms with Gasteiger partial charge in [0.15, 0.2) is 42.5 Å². The molecule has 0 spiro atoms. The van der Waals surface area contributed by atoms with Crippen molar-refractivity contribution >= 4 is 23.9 Å². The molecular formula is C26H38O15. The second-order valence-corrected chi connectivity index (χ2v) is 11.1. The zero-order chi connectivity index (χ0) is 30.3. The lowest BCUT2D eigenvalue weighted by Gasteiger charge is -2.44. The van der Waals surface area contributed by atoms with Crippen LogP contribution in [0.1, 0.15) is 55.4 Å². The summed E-state index contributed by atoms with van der Waals surface area (Å²) in [6, 6.07) is 0. The Morgan fingerprint density at radius 1 is 0.585 bits per heavy atom. The topological polar surface area (TPSA) is 170 Å². The first-order valence-electron chi connectivity index (χ1n) is 13.3. The SMILES string of the molecule is CC(=O)OC[C@H]1O[C@@H](OC[C@H]2O[C@@H]3OC(C)(C)O[C@@H]3[C@H]3OC(C)(C)O[C@H]32)[C@@H](OC(C)=O)[C@@H](OC(C)=O)[C@@H]1OC(C)=O. The molecular weight excluding hydrogens is 552 g/mol. The van der Waals surface area contributed by atoms with E-state index in [1.807, 2.05) is 0 Å². The molecule has 0 aromatic rings. The largest absolute Gasteiger partial charge is 0.463 e. The number of hydrogen-bond acceptors (Lipinski definition) is 15. The number of rotatable bonds is 8. The van der Waals surface area contributed by atoms with E-state index in [1.165, 1.54) is 6.92 Å². The molecule has 15 nitrogen and oxygen atoms in total. The summed E-state index contributed by atoms with van der Waals surface area (Å²) >= 11 is 0. The van der Waals surface area contributed by atoms with E-state index < -0.39 is 96.9 Å². The van der Waals surface area contributed by atoms with Crippen LogP contribution in [0.25, 0.3) is 0 Å². The second kappa shape index (κ2) is 12.1. The predicted octanol–water partition coefficient (Wildman–Crippen LogP) is 0.483. The Morgan fingerprint density at radius 2 is 1.12 bits per heavy atom. The molecule has 0 saturated carbocycles. The Morgan fingerprint density at radius 3 is 1.73 bits per heavy atom. The third-order valence-electron chi connectivity index (χ3n) is 6.62. The van der Waals surface area contributed by atoms with E-state index in [0.717, 1.165) is 20.8 Å². The summed E-state index contributed by atoms with van der Waals surface area (Å²) in [4.78, 5) is 47.6. The minimum absolute atomic E-state index is 0.179. The van der Waals surface area contributed by atoms with Gasteiger partial charge >= 0.3 is 23.9 Å². The zero-order valence-electron chi connectivity index (χ0n) is 24.3. The molecule has 0 amide bonds. The van der Waals surface area contributed by atoms with Gasteiger partial charge in [0.05, 0.1) is 6.61 Å². The molecule has 4 aliphatic rings. The fourth-order valence-corrected chi connectivity index (χ4v) is 5.34. The zero-order valence-corrected chi connectivity index (χ0v) is 24.3. The summed E-state index contributed by atoms with van der Waals surface area (Å²) in [6.07, 6.45) is -9.82. The van der Waals surface area contributed by atoms with Crippen LogP contribution < -0.4 is 0 Å². The van der Waals surface area contributed by atoms with E-state index >= 15 is 0 Å². The van der Waals surface area contributed by atoms with Gasteiger partial charge in [0.25, 0.3) is 0 Å². The third-order valence-corrected chi connectivity index (χ3v) is 6.62. The van der Waals surface area contributed by atoms with Crippen molar-refractivity contribution in [2.24, 2.45) is 0 Å². The van der Waals surface area contributed by atoms with Gasteiger partial charge in [-0.2, -0.15) is 0 Å². The van der Waals surface area contributed by atoms with Crippen LogP contribution in [0.15, 0.2) is 0 Å². The highest BCUT2D eigenvalue weighted by Crippen LogP contribution is 2.44. The van der Waals surface area contributed by atoms with Gasteiger partial charge in [-0.3, -0.25) is 19.2 Å². The summed E-state index contributed by atoms with van der Waals surface area (Å²) in [5, 5.41) is 0. The summed E-state index contributed by atoms with van der Waals surface area (Å²) < 4.78 is 63.8. The Bertz CT molecular complexity index is 1010. The van der Waals surface area contributed by atoms with Crippen molar-refractivity contribution < 1.29 is 71.3 Å². The first-order chi connectivity index (χ1) is 19.0. The summed E-state index contributed by atoms with van der Waals surface area (Å²) in [6.45, 7) is 11.1. The Kier molecular flexibility index (Phi) is 9.28. The maximum absolute atomic E-state index is 12.1. The van der Waals surface area contributed by atoms with Crippen LogP contribution in [0.5, 0.6) is 0 Å². The van der Waals surface area contributed by atoms with E-state index in [-0.39, 0.29) is 13.2 Å². The van der Waals surface area contributed by atoms with Crippen LogP contribution in [0.3, 0.4) is 0 Å². The van der Waals surface area contributed by atoms with Crippen LogP contribution in [0, 0.1) is 0 Å². The molecule has 0 radical (unpaired) electrons. The summed E-state index contributed by atoms with van der Waals surface area (Å²) in [7, 11) is 0. The van der Waals surface area contributed by atoms with Gasteiger partial charge in [0, 0.05) is 27.7 Å². The number of ether oxygens (including phenoxy) is 11. The molecule has 4 rings (SSSR count). The van der Waals surface area contributed by atoms with E-state index in [4.69, 9.17) is 52.1 Å². The molecule has 0 aliphatic carbocycles. The highest BCUT2D eigenvalue weighted by molar-refractivity contribution is 5.68. The van der Waals surface area contributed by atoms with Crippen molar-refractivity contribution in [1.82, 2.24) is 0 Å². The van der Waals surface area contributed by atoms with E-state index in [0.29, 0.717) is 0 Å². The van der Waals surface area contributed by atoms with Crippen LogP contribution in [0.4, 0.5) is 0 Å². The molecule has 0 aromatic carbocycles. The van der Waals surface area contributed by atoms with Crippen molar-refractivity contribution in [3.05, 3.63) is 0 Å². The average Bonchev–Trinajstić information content (AvgIpc) is 3.32. The van der Waals surface area contributed by atoms with Crippen LogP contribution >= 0.6 is 0 Å². The van der Waals surface area contributed by atoms with E-state index in [9.17, 15) is 19.2 Å². The van der Waals surface area contributed by atoms with Crippen LogP contribution in [0.2, 0.25) is 0 Å². The van der Waals surface area contributed by atoms with Crippen molar-refractivity contribution in [2.75, 3.05) is 13.2 Å². The van der Waals surface area contributed by atoms with E-state index in [1.54, 1.807) is 27.7 Å². The summed E-state index contributed by atoms with van der Waals surface area (Å²) in [5.74, 6) is -4.72. The molecule has 0 aromatic heterocycles. The molecule has 4 aliphatic heterocycles. The molecule has 4 fully saturated rings. The lowest BCUT2D eigenvalue weighted by molar-refractivity contribution is -0.320. The molecule has 15 heteroatoms. The standard InChI is InChI=1S/C26H38O15/c1-11(27)31-9-15-17(33-12(2)28)19(34-13(3)29)21(35-14(4)30)23(36-15)32-10-16-18-20(39-25(5,6)38-18)22-24(37-16)41-26(7,8)40-22/h15-24H,9-10H2,1-8H3/t15-,16-,17-,18+,19+,20+,21+,22-,23-,24-/m1/s1. The highest BCUT2D eigenvalue weighted by Gasteiger charge is 2.61. The molecule has 4 heterocycles. The van der Waals surface area contributed by atoms with Crippen molar-refractivity contribution in [3.8, 4) is 0 Å². The van der Waals surface area contributed by atoms with Gasteiger partial charge in [-0.15, -0.1) is 0 Å². The van der Waals surface area contributed by atoms with Crippen molar-refractivity contribution in [3.63, 3.8) is 0 Å². The maximum Gasteiger partial charge on any atom is 0.303 e. The Hall–Kier alpha value is -2.40. The minimum Gasteiger partial charge on any atom is -0.463 e. The fourth-order valence-electron chi connectivity index (χ4n) is 5.34. The highest BCUT2D eigenvalue weighted by atomic mass is 16.9. The smallest absolute Gasteiger partial charge is 0.303 e. The molecule has 0 bridgehead atoms. The van der Waals surface area contributed by atoms with Gasteiger partial charge in [0.2, 0.25) is 0 Å². The number of fused-ring (bicyclic) bond motifs is 3. The van der Waals surface area contributed by atoms with Crippen molar-refractivity contribution in [1.29, 1.82) is 0 Å². The first kappa shape index (κ1) is 31.5. The van der Waals surface area contributed by atoms with Gasteiger partial charge < -0.3 is 52.1 Å². The minimum atomic E-state index is -1.37.